The third-order valence-electron chi connectivity index (χ3n) is 2.33. The van der Waals surface area contributed by atoms with Crippen LogP contribution in [0.2, 0.25) is 0 Å². The Bertz CT molecular complexity index is 582. The van der Waals surface area contributed by atoms with Crippen LogP contribution in [0.3, 0.4) is 0 Å². The van der Waals surface area contributed by atoms with Gasteiger partial charge in [0.25, 0.3) is 0 Å². The molecule has 0 radical (unpaired) electrons. The number of carbonyl (C=O) groups is 1. The Hall–Kier alpha value is -1.69. The van der Waals surface area contributed by atoms with Gasteiger partial charge in [-0.25, -0.2) is 4.39 Å². The SMILES string of the molecule is Cn1ccc(NC(=O)Cc2ccc(F)c(Br)c2)n1. The Labute approximate surface area is 112 Å². The highest BCUT2D eigenvalue weighted by Crippen LogP contribution is 2.17. The Morgan fingerprint density at radius 1 is 1.50 bits per heavy atom. The van der Waals surface area contributed by atoms with Crippen molar-refractivity contribution in [1.82, 2.24) is 9.78 Å². The molecule has 1 aromatic carbocycles. The van der Waals surface area contributed by atoms with Gasteiger partial charge in [0.05, 0.1) is 10.9 Å². The molecule has 1 aromatic heterocycles. The number of hydrogen-bond donors (Lipinski definition) is 1. The zero-order valence-electron chi connectivity index (χ0n) is 9.65. The zero-order chi connectivity index (χ0) is 13.1. The van der Waals surface area contributed by atoms with Crippen LogP contribution >= 0.6 is 15.9 Å². The number of aryl methyl sites for hydroxylation is 1. The van der Waals surface area contributed by atoms with Crippen LogP contribution in [0.1, 0.15) is 5.56 Å². The lowest BCUT2D eigenvalue weighted by molar-refractivity contribution is -0.115. The molecule has 1 amide bonds. The maximum absolute atomic E-state index is 13.0. The summed E-state index contributed by atoms with van der Waals surface area (Å²) in [5, 5.41) is 6.70. The van der Waals surface area contributed by atoms with Crippen LogP contribution in [-0.2, 0) is 18.3 Å². The quantitative estimate of drug-likeness (QED) is 0.946. The Balaban J connectivity index is 2.00. The van der Waals surface area contributed by atoms with Crippen LogP contribution in [0.15, 0.2) is 34.9 Å². The number of aromatic nitrogens is 2. The number of carbonyl (C=O) groups excluding carboxylic acids is 1. The molecule has 0 aliphatic carbocycles. The van der Waals surface area contributed by atoms with Crippen molar-refractivity contribution in [3.05, 3.63) is 46.3 Å². The smallest absolute Gasteiger partial charge is 0.229 e. The van der Waals surface area contributed by atoms with Gasteiger partial charge in [-0.2, -0.15) is 5.10 Å². The van der Waals surface area contributed by atoms with E-state index in [9.17, 15) is 9.18 Å². The average Bonchev–Trinajstić information content (AvgIpc) is 2.69. The number of hydrogen-bond acceptors (Lipinski definition) is 2. The number of benzene rings is 1. The molecule has 0 fully saturated rings. The molecule has 1 heterocycles. The van der Waals surface area contributed by atoms with Crippen LogP contribution in [-0.4, -0.2) is 15.7 Å². The lowest BCUT2D eigenvalue weighted by Crippen LogP contribution is -2.15. The van der Waals surface area contributed by atoms with Crippen LogP contribution < -0.4 is 5.32 Å². The third kappa shape index (κ3) is 3.16. The van der Waals surface area contributed by atoms with Crippen molar-refractivity contribution in [2.45, 2.75) is 6.42 Å². The molecule has 4 nitrogen and oxygen atoms in total. The molecule has 18 heavy (non-hydrogen) atoms. The van der Waals surface area contributed by atoms with Crippen molar-refractivity contribution in [2.75, 3.05) is 5.32 Å². The van der Waals surface area contributed by atoms with E-state index in [1.165, 1.54) is 6.07 Å². The van der Waals surface area contributed by atoms with Crippen molar-refractivity contribution in [3.8, 4) is 0 Å². The molecule has 2 rings (SSSR count). The molecule has 0 saturated carbocycles. The number of rotatable bonds is 3. The molecule has 0 atom stereocenters. The Morgan fingerprint density at radius 2 is 2.28 bits per heavy atom. The Kier molecular flexibility index (Phi) is 3.76. The summed E-state index contributed by atoms with van der Waals surface area (Å²) in [5.74, 6) is -0.0280. The highest BCUT2D eigenvalue weighted by molar-refractivity contribution is 9.10. The molecular weight excluding hydrogens is 301 g/mol. The van der Waals surface area contributed by atoms with Crippen molar-refractivity contribution in [1.29, 1.82) is 0 Å². The molecule has 2 aromatic rings. The number of nitrogens with zero attached hydrogens (tertiary/aromatic N) is 2. The summed E-state index contributed by atoms with van der Waals surface area (Å²) in [7, 11) is 1.77. The molecule has 6 heteroatoms. The summed E-state index contributed by atoms with van der Waals surface area (Å²) in [6, 6.07) is 6.21. The van der Waals surface area contributed by atoms with Crippen LogP contribution in [0.5, 0.6) is 0 Å². The van der Waals surface area contributed by atoms with Gasteiger partial charge < -0.3 is 5.32 Å². The van der Waals surface area contributed by atoms with Crippen molar-refractivity contribution in [2.24, 2.45) is 7.05 Å². The molecule has 0 aliphatic heterocycles. The highest BCUT2D eigenvalue weighted by Gasteiger charge is 2.07. The van der Waals surface area contributed by atoms with Gasteiger partial charge in [-0.3, -0.25) is 9.48 Å². The van der Waals surface area contributed by atoms with Gasteiger partial charge in [0, 0.05) is 19.3 Å². The maximum atomic E-state index is 13.0. The molecule has 0 aliphatic rings. The van der Waals surface area contributed by atoms with E-state index in [2.05, 4.69) is 26.3 Å². The first-order valence-corrected chi connectivity index (χ1v) is 6.07. The molecule has 1 N–H and O–H groups in total. The van der Waals surface area contributed by atoms with E-state index < -0.39 is 0 Å². The summed E-state index contributed by atoms with van der Waals surface area (Å²) < 4.78 is 15.0. The van der Waals surface area contributed by atoms with E-state index in [1.54, 1.807) is 36.1 Å². The third-order valence-corrected chi connectivity index (χ3v) is 2.94. The minimum absolute atomic E-state index is 0.176. The van der Waals surface area contributed by atoms with Gasteiger partial charge >= 0.3 is 0 Å². The van der Waals surface area contributed by atoms with Crippen LogP contribution in [0.4, 0.5) is 10.2 Å². The minimum Gasteiger partial charge on any atom is -0.309 e. The van der Waals surface area contributed by atoms with Crippen molar-refractivity contribution >= 4 is 27.7 Å². The van der Waals surface area contributed by atoms with E-state index >= 15 is 0 Å². The first kappa shape index (κ1) is 12.8. The van der Waals surface area contributed by atoms with Gasteiger partial charge in [0.15, 0.2) is 5.82 Å². The molecule has 0 bridgehead atoms. The van der Waals surface area contributed by atoms with Gasteiger partial charge in [-0.1, -0.05) is 6.07 Å². The second-order valence-corrected chi connectivity index (χ2v) is 4.70. The predicted molar refractivity (Wildman–Crippen MR) is 69.6 cm³/mol. The fourth-order valence-corrected chi connectivity index (χ4v) is 1.93. The maximum Gasteiger partial charge on any atom is 0.229 e. The molecule has 94 valence electrons. The lowest BCUT2D eigenvalue weighted by atomic mass is 10.1. The van der Waals surface area contributed by atoms with Gasteiger partial charge in [-0.05, 0) is 33.6 Å². The summed E-state index contributed by atoms with van der Waals surface area (Å²) in [4.78, 5) is 11.7. The topological polar surface area (TPSA) is 46.9 Å². The van der Waals surface area contributed by atoms with Gasteiger partial charge in [0.2, 0.25) is 5.91 Å². The van der Waals surface area contributed by atoms with Crippen molar-refractivity contribution < 1.29 is 9.18 Å². The number of anilines is 1. The number of nitrogens with one attached hydrogen (secondary N) is 1. The standard InChI is InChI=1S/C12H11BrFN3O/c1-17-5-4-11(16-17)15-12(18)7-8-2-3-10(14)9(13)6-8/h2-6H,7H2,1H3,(H,15,16,18). The molecule has 0 spiro atoms. The van der Waals surface area contributed by atoms with Gasteiger partial charge in [-0.15, -0.1) is 0 Å². The largest absolute Gasteiger partial charge is 0.309 e. The monoisotopic (exact) mass is 311 g/mol. The fourth-order valence-electron chi connectivity index (χ4n) is 1.50. The fraction of sp³-hybridized carbons (Fsp3) is 0.167. The molecule has 0 saturated heterocycles. The minimum atomic E-state index is -0.344. The first-order valence-electron chi connectivity index (χ1n) is 5.28. The summed E-state index contributed by atoms with van der Waals surface area (Å²) in [6.07, 6.45) is 1.92. The number of amides is 1. The lowest BCUT2D eigenvalue weighted by Gasteiger charge is -2.03. The van der Waals surface area contributed by atoms with E-state index in [4.69, 9.17) is 0 Å². The van der Waals surface area contributed by atoms with E-state index in [0.717, 1.165) is 5.56 Å². The van der Waals surface area contributed by atoms with E-state index in [1.807, 2.05) is 0 Å². The zero-order valence-corrected chi connectivity index (χ0v) is 11.2. The second kappa shape index (κ2) is 5.30. The first-order chi connectivity index (χ1) is 8.54. The van der Waals surface area contributed by atoms with Gasteiger partial charge in [0.1, 0.15) is 5.82 Å². The van der Waals surface area contributed by atoms with Crippen LogP contribution in [0, 0.1) is 5.82 Å². The van der Waals surface area contributed by atoms with E-state index in [0.29, 0.717) is 10.3 Å². The molecule has 0 unspecified atom stereocenters. The average molecular weight is 312 g/mol. The highest BCUT2D eigenvalue weighted by atomic mass is 79.9. The van der Waals surface area contributed by atoms with Crippen molar-refractivity contribution in [3.63, 3.8) is 0 Å². The summed E-state index contributed by atoms with van der Waals surface area (Å²) in [6.45, 7) is 0. The second-order valence-electron chi connectivity index (χ2n) is 3.85. The summed E-state index contributed by atoms with van der Waals surface area (Å²) >= 11 is 3.08. The summed E-state index contributed by atoms with van der Waals surface area (Å²) in [5.41, 5.74) is 0.733. The van der Waals surface area contributed by atoms with Crippen LogP contribution in [0.25, 0.3) is 0 Å². The normalized spacial score (nSPS) is 10.4. The molecular formula is C12H11BrFN3O. The number of halogens is 2. The Morgan fingerprint density at radius 3 is 2.89 bits per heavy atom. The predicted octanol–water partition coefficient (Wildman–Crippen LogP) is 2.50. The van der Waals surface area contributed by atoms with E-state index in [-0.39, 0.29) is 18.1 Å².